The predicted octanol–water partition coefficient (Wildman–Crippen LogP) is 2.24. The van der Waals surface area contributed by atoms with Crippen LogP contribution in [0, 0.1) is 0 Å². The van der Waals surface area contributed by atoms with E-state index in [-0.39, 0.29) is 18.3 Å². The molecular weight excluding hydrogens is 288 g/mol. The third-order valence-corrected chi connectivity index (χ3v) is 4.58. The number of rotatable bonds is 3. The lowest BCUT2D eigenvalue weighted by atomic mass is 10.1. The van der Waals surface area contributed by atoms with E-state index in [1.807, 2.05) is 21.8 Å². The molecule has 1 N–H and O–H groups in total. The van der Waals surface area contributed by atoms with Gasteiger partial charge in [-0.2, -0.15) is 5.10 Å². The second-order valence-corrected chi connectivity index (χ2v) is 5.88. The van der Waals surface area contributed by atoms with E-state index in [0.29, 0.717) is 17.8 Å². The lowest BCUT2D eigenvalue weighted by Crippen LogP contribution is -2.36. The fourth-order valence-corrected chi connectivity index (χ4v) is 3.39. The Labute approximate surface area is 132 Å². The molecule has 2 aliphatic heterocycles. The lowest BCUT2D eigenvalue weighted by molar-refractivity contribution is 0.0726. The normalized spacial score (nSPS) is 25.7. The molecule has 5 nitrogen and oxygen atoms in total. The van der Waals surface area contributed by atoms with Crippen LogP contribution < -0.4 is 5.32 Å². The monoisotopic (exact) mass is 312 g/mol. The highest BCUT2D eigenvalue weighted by Crippen LogP contribution is 2.22. The Balaban J connectivity index is 0.00000161. The molecule has 0 bridgehead atoms. The molecule has 118 valence electrons. The number of nitrogens with one attached hydrogen (secondary N) is 1. The first kappa shape index (κ1) is 16.3. The highest BCUT2D eigenvalue weighted by molar-refractivity contribution is 5.92. The number of hydrogen-bond donors (Lipinski definition) is 1. The molecule has 2 aliphatic rings. The Hall–Kier alpha value is -1.07. The van der Waals surface area contributed by atoms with Gasteiger partial charge in [0, 0.05) is 25.3 Å². The number of halogens is 1. The molecule has 0 radical (unpaired) electrons. The third kappa shape index (κ3) is 3.40. The summed E-state index contributed by atoms with van der Waals surface area (Å²) in [4.78, 5) is 14.6. The van der Waals surface area contributed by atoms with Crippen LogP contribution in [0.15, 0.2) is 12.3 Å². The maximum Gasteiger partial charge on any atom is 0.274 e. The molecule has 2 atom stereocenters. The zero-order chi connectivity index (χ0) is 13.9. The fraction of sp³-hybridized carbons (Fsp3) is 0.733. The minimum atomic E-state index is 0. The average Bonchev–Trinajstić information content (AvgIpc) is 3.16. The van der Waals surface area contributed by atoms with Crippen LogP contribution in [0.25, 0.3) is 0 Å². The van der Waals surface area contributed by atoms with Gasteiger partial charge in [0.15, 0.2) is 0 Å². The standard InChI is InChI=1S/C15H24N4O.ClH/c1-2-12-6-4-9-18(12)15(20)14-7-10-19(17-14)13-5-3-8-16-11-13;/h7,10,12-13,16H,2-6,8-9,11H2,1H3;1H. The highest BCUT2D eigenvalue weighted by atomic mass is 35.5. The Morgan fingerprint density at radius 3 is 3.00 bits per heavy atom. The molecule has 1 amide bonds. The number of hydrogen-bond acceptors (Lipinski definition) is 3. The van der Waals surface area contributed by atoms with Gasteiger partial charge >= 0.3 is 0 Å². The average molecular weight is 313 g/mol. The molecule has 0 aliphatic carbocycles. The Morgan fingerprint density at radius 2 is 2.29 bits per heavy atom. The van der Waals surface area contributed by atoms with Gasteiger partial charge in [0.05, 0.1) is 6.04 Å². The largest absolute Gasteiger partial charge is 0.334 e. The summed E-state index contributed by atoms with van der Waals surface area (Å²) >= 11 is 0. The number of piperidine rings is 1. The first-order valence-corrected chi connectivity index (χ1v) is 7.86. The van der Waals surface area contributed by atoms with E-state index in [0.717, 1.165) is 45.3 Å². The lowest BCUT2D eigenvalue weighted by Gasteiger charge is -2.24. The van der Waals surface area contributed by atoms with E-state index in [9.17, 15) is 4.79 Å². The van der Waals surface area contributed by atoms with Crippen molar-refractivity contribution in [3.8, 4) is 0 Å². The SMILES string of the molecule is CCC1CCCN1C(=O)c1ccn(C2CCCNC2)n1.Cl. The quantitative estimate of drug-likeness (QED) is 0.931. The van der Waals surface area contributed by atoms with Gasteiger partial charge in [-0.3, -0.25) is 9.48 Å². The Bertz CT molecular complexity index is 470. The Morgan fingerprint density at radius 1 is 1.43 bits per heavy atom. The molecule has 0 aromatic carbocycles. The first-order valence-electron chi connectivity index (χ1n) is 7.86. The molecular formula is C15H25ClN4O. The van der Waals surface area contributed by atoms with Crippen molar-refractivity contribution in [1.82, 2.24) is 20.0 Å². The van der Waals surface area contributed by atoms with Crippen LogP contribution >= 0.6 is 12.4 Å². The zero-order valence-corrected chi connectivity index (χ0v) is 13.4. The van der Waals surface area contributed by atoms with E-state index >= 15 is 0 Å². The van der Waals surface area contributed by atoms with Crippen molar-refractivity contribution in [2.24, 2.45) is 0 Å². The van der Waals surface area contributed by atoms with Gasteiger partial charge in [0.2, 0.25) is 0 Å². The van der Waals surface area contributed by atoms with Crippen LogP contribution in [0.1, 0.15) is 55.6 Å². The summed E-state index contributed by atoms with van der Waals surface area (Å²) in [6, 6.07) is 2.68. The van der Waals surface area contributed by atoms with Crippen LogP contribution in [0.2, 0.25) is 0 Å². The van der Waals surface area contributed by atoms with Crippen LogP contribution in [0.4, 0.5) is 0 Å². The van der Waals surface area contributed by atoms with Crippen LogP contribution in [0.3, 0.4) is 0 Å². The molecule has 2 fully saturated rings. The van der Waals surface area contributed by atoms with E-state index in [1.54, 1.807) is 0 Å². The van der Waals surface area contributed by atoms with Gasteiger partial charge < -0.3 is 10.2 Å². The topological polar surface area (TPSA) is 50.2 Å². The minimum absolute atomic E-state index is 0. The molecule has 3 heterocycles. The first-order chi connectivity index (χ1) is 9.79. The third-order valence-electron chi connectivity index (χ3n) is 4.58. The zero-order valence-electron chi connectivity index (χ0n) is 12.6. The second kappa shape index (κ2) is 7.27. The molecule has 2 unspecified atom stereocenters. The van der Waals surface area contributed by atoms with E-state index in [2.05, 4.69) is 17.3 Å². The van der Waals surface area contributed by atoms with Crippen molar-refractivity contribution in [2.75, 3.05) is 19.6 Å². The van der Waals surface area contributed by atoms with Crippen LogP contribution in [0.5, 0.6) is 0 Å². The van der Waals surface area contributed by atoms with Crippen molar-refractivity contribution in [3.63, 3.8) is 0 Å². The summed E-state index contributed by atoms with van der Waals surface area (Å²) in [5, 5.41) is 7.92. The van der Waals surface area contributed by atoms with Crippen molar-refractivity contribution in [2.45, 2.75) is 51.1 Å². The van der Waals surface area contributed by atoms with Crippen molar-refractivity contribution in [3.05, 3.63) is 18.0 Å². The Kier molecular flexibility index (Phi) is 5.65. The van der Waals surface area contributed by atoms with Crippen LogP contribution in [-0.2, 0) is 0 Å². The van der Waals surface area contributed by atoms with E-state index in [4.69, 9.17) is 0 Å². The summed E-state index contributed by atoms with van der Waals surface area (Å²) in [5.74, 6) is 0.108. The second-order valence-electron chi connectivity index (χ2n) is 5.88. The summed E-state index contributed by atoms with van der Waals surface area (Å²) in [6.07, 6.45) is 7.58. The fourth-order valence-electron chi connectivity index (χ4n) is 3.39. The molecule has 0 saturated carbocycles. The maximum atomic E-state index is 12.5. The van der Waals surface area contributed by atoms with Gasteiger partial charge in [0.25, 0.3) is 5.91 Å². The summed E-state index contributed by atoms with van der Waals surface area (Å²) in [5.41, 5.74) is 0.607. The molecule has 0 spiro atoms. The predicted molar refractivity (Wildman–Crippen MR) is 85.0 cm³/mol. The van der Waals surface area contributed by atoms with Gasteiger partial charge in [-0.1, -0.05) is 6.92 Å². The molecule has 1 aromatic heterocycles. The highest BCUT2D eigenvalue weighted by Gasteiger charge is 2.29. The summed E-state index contributed by atoms with van der Waals surface area (Å²) < 4.78 is 1.97. The van der Waals surface area contributed by atoms with E-state index in [1.165, 1.54) is 6.42 Å². The molecule has 3 rings (SSSR count). The number of carbonyl (C=O) groups is 1. The number of nitrogens with zero attached hydrogens (tertiary/aromatic N) is 3. The molecule has 2 saturated heterocycles. The number of likely N-dealkylation sites (tertiary alicyclic amines) is 1. The van der Waals surface area contributed by atoms with Gasteiger partial charge in [0.1, 0.15) is 5.69 Å². The van der Waals surface area contributed by atoms with Gasteiger partial charge in [-0.05, 0) is 44.7 Å². The van der Waals surface area contributed by atoms with Gasteiger partial charge in [-0.15, -0.1) is 12.4 Å². The smallest absolute Gasteiger partial charge is 0.274 e. The number of carbonyl (C=O) groups excluding carboxylic acids is 1. The van der Waals surface area contributed by atoms with Gasteiger partial charge in [-0.25, -0.2) is 0 Å². The van der Waals surface area contributed by atoms with Crippen molar-refractivity contribution >= 4 is 18.3 Å². The summed E-state index contributed by atoms with van der Waals surface area (Å²) in [7, 11) is 0. The number of aromatic nitrogens is 2. The summed E-state index contributed by atoms with van der Waals surface area (Å²) in [6.45, 7) is 5.09. The van der Waals surface area contributed by atoms with Crippen molar-refractivity contribution < 1.29 is 4.79 Å². The molecule has 21 heavy (non-hydrogen) atoms. The number of amides is 1. The molecule has 1 aromatic rings. The van der Waals surface area contributed by atoms with Crippen molar-refractivity contribution in [1.29, 1.82) is 0 Å². The van der Waals surface area contributed by atoms with Crippen LogP contribution in [-0.4, -0.2) is 46.3 Å². The molecule has 6 heteroatoms. The van der Waals surface area contributed by atoms with E-state index < -0.39 is 0 Å². The minimum Gasteiger partial charge on any atom is -0.334 e. The maximum absolute atomic E-state index is 12.5.